The summed E-state index contributed by atoms with van der Waals surface area (Å²) in [5, 5.41) is 0. The summed E-state index contributed by atoms with van der Waals surface area (Å²) in [7, 11) is 1.38. The first-order valence-electron chi connectivity index (χ1n) is 5.83. The Balaban J connectivity index is 2.35. The molecular formula is C13H18FNO2S. The van der Waals surface area contributed by atoms with E-state index in [2.05, 4.69) is 4.74 Å². The number of hydrogen-bond donors (Lipinski definition) is 0. The number of thioether (sulfide) groups is 1. The predicted octanol–water partition coefficient (Wildman–Crippen LogP) is 2.41. The second kappa shape index (κ2) is 8.11. The zero-order valence-electron chi connectivity index (χ0n) is 10.7. The van der Waals surface area contributed by atoms with Crippen molar-refractivity contribution in [2.24, 2.45) is 0 Å². The fourth-order valence-electron chi connectivity index (χ4n) is 1.44. The van der Waals surface area contributed by atoms with Crippen molar-refractivity contribution < 1.29 is 13.9 Å². The van der Waals surface area contributed by atoms with Gasteiger partial charge in [0.25, 0.3) is 0 Å². The second-order valence-corrected chi connectivity index (χ2v) is 4.86. The maximum Gasteiger partial charge on any atom is 0.319 e. The molecule has 0 spiro atoms. The van der Waals surface area contributed by atoms with Gasteiger partial charge in [-0.3, -0.25) is 9.69 Å². The first kappa shape index (κ1) is 15.0. The smallest absolute Gasteiger partial charge is 0.319 e. The second-order valence-electron chi connectivity index (χ2n) is 3.72. The Bertz CT molecular complexity index is 387. The van der Waals surface area contributed by atoms with Gasteiger partial charge in [0.2, 0.25) is 0 Å². The lowest BCUT2D eigenvalue weighted by Crippen LogP contribution is -2.32. The van der Waals surface area contributed by atoms with Crippen molar-refractivity contribution in [3.8, 4) is 0 Å². The topological polar surface area (TPSA) is 29.5 Å². The molecule has 0 heterocycles. The summed E-state index contributed by atoms with van der Waals surface area (Å²) < 4.78 is 18.0. The summed E-state index contributed by atoms with van der Waals surface area (Å²) in [5.41, 5.74) is 0. The molecule has 0 fully saturated rings. The number of esters is 1. The number of methoxy groups -OCH3 is 1. The van der Waals surface area contributed by atoms with Crippen molar-refractivity contribution in [1.29, 1.82) is 0 Å². The Morgan fingerprint density at radius 1 is 1.44 bits per heavy atom. The van der Waals surface area contributed by atoms with E-state index < -0.39 is 0 Å². The van der Waals surface area contributed by atoms with Gasteiger partial charge in [0.05, 0.1) is 13.7 Å². The zero-order chi connectivity index (χ0) is 13.4. The van der Waals surface area contributed by atoms with E-state index in [9.17, 15) is 9.18 Å². The lowest BCUT2D eigenvalue weighted by Gasteiger charge is -2.18. The van der Waals surface area contributed by atoms with Gasteiger partial charge in [0, 0.05) is 17.2 Å². The van der Waals surface area contributed by atoms with Crippen molar-refractivity contribution >= 4 is 17.7 Å². The van der Waals surface area contributed by atoms with Gasteiger partial charge >= 0.3 is 5.97 Å². The van der Waals surface area contributed by atoms with E-state index in [1.807, 2.05) is 17.9 Å². The molecule has 0 aliphatic rings. The largest absolute Gasteiger partial charge is 0.468 e. The van der Waals surface area contributed by atoms with Crippen LogP contribution in [0, 0.1) is 5.82 Å². The van der Waals surface area contributed by atoms with Gasteiger partial charge < -0.3 is 4.74 Å². The molecule has 0 saturated heterocycles. The number of carbonyl (C=O) groups excluding carboxylic acids is 1. The van der Waals surface area contributed by atoms with Crippen LogP contribution < -0.4 is 0 Å². The molecule has 0 aromatic heterocycles. The molecule has 18 heavy (non-hydrogen) atoms. The van der Waals surface area contributed by atoms with Gasteiger partial charge in [-0.15, -0.1) is 11.8 Å². The fourth-order valence-corrected chi connectivity index (χ4v) is 2.39. The molecule has 3 nitrogen and oxygen atoms in total. The minimum atomic E-state index is -0.243. The molecule has 0 aliphatic heterocycles. The molecule has 0 saturated carbocycles. The Hall–Kier alpha value is -1.07. The number of hydrogen-bond acceptors (Lipinski definition) is 4. The Morgan fingerprint density at radius 3 is 2.78 bits per heavy atom. The normalized spacial score (nSPS) is 10.7. The zero-order valence-corrected chi connectivity index (χ0v) is 11.5. The molecule has 0 radical (unpaired) electrons. The van der Waals surface area contributed by atoms with E-state index in [1.54, 1.807) is 12.1 Å². The number of ether oxygens (including phenoxy) is 1. The summed E-state index contributed by atoms with van der Waals surface area (Å²) in [4.78, 5) is 13.8. The molecule has 0 bridgehead atoms. The molecule has 0 amide bonds. The summed E-state index contributed by atoms with van der Waals surface area (Å²) in [5.74, 6) is 0.303. The van der Waals surface area contributed by atoms with Crippen LogP contribution >= 0.6 is 11.8 Å². The minimum Gasteiger partial charge on any atom is -0.468 e. The van der Waals surface area contributed by atoms with Crippen LogP contribution in [0.15, 0.2) is 29.2 Å². The van der Waals surface area contributed by atoms with E-state index >= 15 is 0 Å². The molecule has 0 atom stereocenters. The third kappa shape index (κ3) is 5.06. The van der Waals surface area contributed by atoms with Crippen molar-refractivity contribution in [2.45, 2.75) is 11.8 Å². The summed E-state index contributed by atoms with van der Waals surface area (Å²) >= 11 is 1.46. The standard InChI is InChI=1S/C13H18FNO2S/c1-3-15(10-13(16)17-2)8-9-18-12-7-5-4-6-11(12)14/h4-7H,3,8-10H2,1-2H3. The molecule has 1 aromatic carbocycles. The monoisotopic (exact) mass is 271 g/mol. The Kier molecular flexibility index (Phi) is 6.75. The van der Waals surface area contributed by atoms with Crippen molar-refractivity contribution in [3.05, 3.63) is 30.1 Å². The van der Waals surface area contributed by atoms with Crippen LogP contribution in [0.5, 0.6) is 0 Å². The van der Waals surface area contributed by atoms with Gasteiger partial charge in [0.1, 0.15) is 5.82 Å². The van der Waals surface area contributed by atoms with Gasteiger partial charge in [-0.2, -0.15) is 0 Å². The molecule has 0 aliphatic carbocycles. The van der Waals surface area contributed by atoms with Crippen LogP contribution in [-0.2, 0) is 9.53 Å². The predicted molar refractivity (Wildman–Crippen MR) is 71.3 cm³/mol. The van der Waals surface area contributed by atoms with Crippen LogP contribution in [0.4, 0.5) is 4.39 Å². The van der Waals surface area contributed by atoms with Crippen LogP contribution in [0.3, 0.4) is 0 Å². The summed E-state index contributed by atoms with van der Waals surface area (Å²) in [6, 6.07) is 6.71. The van der Waals surface area contributed by atoms with Crippen LogP contribution in [0.25, 0.3) is 0 Å². The third-order valence-electron chi connectivity index (χ3n) is 2.53. The van der Waals surface area contributed by atoms with Gasteiger partial charge in [-0.05, 0) is 18.7 Å². The maximum atomic E-state index is 13.4. The quantitative estimate of drug-likeness (QED) is 0.562. The summed E-state index contributed by atoms with van der Waals surface area (Å²) in [6.45, 7) is 3.76. The Morgan fingerprint density at radius 2 is 2.17 bits per heavy atom. The molecular weight excluding hydrogens is 253 g/mol. The minimum absolute atomic E-state index is 0.196. The molecule has 0 unspecified atom stereocenters. The van der Waals surface area contributed by atoms with E-state index in [1.165, 1.54) is 24.9 Å². The lowest BCUT2D eigenvalue weighted by atomic mass is 10.3. The van der Waals surface area contributed by atoms with Crippen molar-refractivity contribution in [1.82, 2.24) is 4.90 Å². The first-order valence-corrected chi connectivity index (χ1v) is 6.82. The molecule has 5 heteroatoms. The van der Waals surface area contributed by atoms with Crippen molar-refractivity contribution in [2.75, 3.05) is 32.5 Å². The highest BCUT2D eigenvalue weighted by molar-refractivity contribution is 7.99. The number of benzene rings is 1. The highest BCUT2D eigenvalue weighted by Gasteiger charge is 2.09. The van der Waals surface area contributed by atoms with E-state index in [4.69, 9.17) is 0 Å². The van der Waals surface area contributed by atoms with E-state index in [0.29, 0.717) is 4.90 Å². The molecule has 1 aromatic rings. The molecule has 0 N–H and O–H groups in total. The average Bonchev–Trinajstić information content (AvgIpc) is 2.39. The molecule has 100 valence electrons. The average molecular weight is 271 g/mol. The maximum absolute atomic E-state index is 13.4. The number of halogens is 1. The summed E-state index contributed by atoms with van der Waals surface area (Å²) in [6.07, 6.45) is 0. The number of rotatable bonds is 7. The van der Waals surface area contributed by atoms with E-state index in [0.717, 1.165) is 18.8 Å². The number of carbonyl (C=O) groups is 1. The van der Waals surface area contributed by atoms with Crippen LogP contribution in [0.1, 0.15) is 6.92 Å². The van der Waals surface area contributed by atoms with Gasteiger partial charge in [-0.25, -0.2) is 4.39 Å². The Labute approximate surface area is 111 Å². The SMILES string of the molecule is CCN(CCSc1ccccc1F)CC(=O)OC. The fraction of sp³-hybridized carbons (Fsp3) is 0.462. The van der Waals surface area contributed by atoms with Crippen LogP contribution in [-0.4, -0.2) is 43.4 Å². The molecule has 1 rings (SSSR count). The highest BCUT2D eigenvalue weighted by atomic mass is 32.2. The van der Waals surface area contributed by atoms with Gasteiger partial charge in [-0.1, -0.05) is 19.1 Å². The first-order chi connectivity index (χ1) is 8.67. The van der Waals surface area contributed by atoms with Gasteiger partial charge in [0.15, 0.2) is 0 Å². The lowest BCUT2D eigenvalue weighted by molar-refractivity contribution is -0.141. The van der Waals surface area contributed by atoms with Crippen LogP contribution in [0.2, 0.25) is 0 Å². The third-order valence-corrected chi connectivity index (χ3v) is 3.56. The highest BCUT2D eigenvalue weighted by Crippen LogP contribution is 2.20. The van der Waals surface area contributed by atoms with E-state index in [-0.39, 0.29) is 18.3 Å². The number of likely N-dealkylation sites (N-methyl/N-ethyl adjacent to an activating group) is 1. The van der Waals surface area contributed by atoms with Crippen molar-refractivity contribution in [3.63, 3.8) is 0 Å². The number of nitrogens with zero attached hydrogens (tertiary/aromatic N) is 1.